The largest absolute Gasteiger partial charge is 0.488 e. The Balaban J connectivity index is 1.70. The van der Waals surface area contributed by atoms with Gasteiger partial charge in [-0.15, -0.1) is 4.68 Å². The first-order chi connectivity index (χ1) is 16.3. The number of hydrogen-bond donors (Lipinski definition) is 1. The molecule has 3 aromatic carbocycles. The Morgan fingerprint density at radius 2 is 1.68 bits per heavy atom. The molecule has 0 bridgehead atoms. The number of aromatic nitrogens is 2. The summed E-state index contributed by atoms with van der Waals surface area (Å²) in [5.41, 5.74) is -0.855. The lowest BCUT2D eigenvalue weighted by atomic mass is 10.2. The maximum atomic E-state index is 12.7. The van der Waals surface area contributed by atoms with Crippen molar-refractivity contribution < 1.29 is 14.6 Å². The van der Waals surface area contributed by atoms with Gasteiger partial charge in [-0.05, 0) is 23.8 Å². The van der Waals surface area contributed by atoms with Crippen LogP contribution in [0, 0.1) is 20.2 Å². The van der Waals surface area contributed by atoms with Gasteiger partial charge in [0, 0.05) is 29.8 Å². The molecule has 0 aliphatic heterocycles. The second-order valence-corrected chi connectivity index (χ2v) is 7.03. The lowest BCUT2D eigenvalue weighted by Gasteiger charge is -2.09. The van der Waals surface area contributed by atoms with Crippen LogP contribution in [0.5, 0.6) is 5.75 Å². The van der Waals surface area contributed by atoms with Crippen LogP contribution in [0.2, 0.25) is 0 Å². The SMILES string of the molecule is O=c1[nH]c2ccccc2c(=O)n1N=Cc1cc([N+](=O)[O-])ccc1OCc1cccc([N+](=O)[O-])c1. The summed E-state index contributed by atoms with van der Waals surface area (Å²) in [6.45, 7) is -0.0726. The first kappa shape index (κ1) is 22.1. The Morgan fingerprint density at radius 1 is 0.941 bits per heavy atom. The van der Waals surface area contributed by atoms with Crippen LogP contribution in [0.3, 0.4) is 0 Å². The highest BCUT2D eigenvalue weighted by Gasteiger charge is 2.13. The van der Waals surface area contributed by atoms with Gasteiger partial charge in [0.2, 0.25) is 0 Å². The van der Waals surface area contributed by atoms with E-state index < -0.39 is 21.1 Å². The molecule has 0 aliphatic rings. The number of rotatable bonds is 7. The molecule has 0 unspecified atom stereocenters. The number of ether oxygens (including phenoxy) is 1. The highest BCUT2D eigenvalue weighted by atomic mass is 16.6. The summed E-state index contributed by atoms with van der Waals surface area (Å²) in [5, 5.41) is 26.3. The number of nitrogens with zero attached hydrogens (tertiary/aromatic N) is 4. The van der Waals surface area contributed by atoms with E-state index in [1.807, 2.05) is 0 Å². The molecule has 12 nitrogen and oxygen atoms in total. The molecule has 0 spiro atoms. The fourth-order valence-corrected chi connectivity index (χ4v) is 3.18. The summed E-state index contributed by atoms with van der Waals surface area (Å²) < 4.78 is 6.30. The fourth-order valence-electron chi connectivity index (χ4n) is 3.18. The van der Waals surface area contributed by atoms with Gasteiger partial charge >= 0.3 is 5.69 Å². The standard InChI is InChI=1S/C22H15N5O7/c28-21-18-6-1-2-7-19(18)24-22(29)25(21)23-12-15-11-17(27(32)33)8-9-20(15)34-13-14-4-3-5-16(10-14)26(30)31/h1-12H,13H2,(H,24,29). The molecule has 12 heteroatoms. The van der Waals surface area contributed by atoms with Gasteiger partial charge in [-0.3, -0.25) is 25.0 Å². The van der Waals surface area contributed by atoms with E-state index in [0.29, 0.717) is 15.8 Å². The fraction of sp³-hybridized carbons (Fsp3) is 0.0455. The van der Waals surface area contributed by atoms with E-state index in [4.69, 9.17) is 4.74 Å². The molecule has 0 atom stereocenters. The van der Waals surface area contributed by atoms with Crippen LogP contribution in [0.1, 0.15) is 11.1 Å². The van der Waals surface area contributed by atoms with Crippen LogP contribution >= 0.6 is 0 Å². The monoisotopic (exact) mass is 461 g/mol. The topological polar surface area (TPSA) is 163 Å². The van der Waals surface area contributed by atoms with Crippen molar-refractivity contribution in [1.82, 2.24) is 9.66 Å². The molecule has 170 valence electrons. The van der Waals surface area contributed by atoms with Crippen molar-refractivity contribution in [3.05, 3.63) is 119 Å². The lowest BCUT2D eigenvalue weighted by Crippen LogP contribution is -2.32. The number of nitrogens with one attached hydrogen (secondary N) is 1. The van der Waals surface area contributed by atoms with Crippen LogP contribution < -0.4 is 16.0 Å². The highest BCUT2D eigenvalue weighted by Crippen LogP contribution is 2.24. The van der Waals surface area contributed by atoms with Gasteiger partial charge in [0.15, 0.2) is 0 Å². The van der Waals surface area contributed by atoms with Crippen molar-refractivity contribution in [2.45, 2.75) is 6.61 Å². The molecular weight excluding hydrogens is 446 g/mol. The molecule has 1 N–H and O–H groups in total. The van der Waals surface area contributed by atoms with Crippen molar-refractivity contribution in [2.24, 2.45) is 5.10 Å². The van der Waals surface area contributed by atoms with E-state index in [9.17, 15) is 29.8 Å². The third-order valence-electron chi connectivity index (χ3n) is 4.82. The molecular formula is C22H15N5O7. The number of nitro groups is 2. The zero-order valence-corrected chi connectivity index (χ0v) is 17.3. The molecule has 0 saturated heterocycles. The number of hydrogen-bond acceptors (Lipinski definition) is 8. The lowest BCUT2D eigenvalue weighted by molar-refractivity contribution is -0.385. The summed E-state index contributed by atoms with van der Waals surface area (Å²) in [6.07, 6.45) is 1.10. The van der Waals surface area contributed by atoms with E-state index in [1.165, 1.54) is 42.5 Å². The number of H-pyrrole nitrogens is 1. The Kier molecular flexibility index (Phi) is 5.95. The summed E-state index contributed by atoms with van der Waals surface area (Å²) in [7, 11) is 0. The number of non-ortho nitro benzene ring substituents is 2. The molecule has 0 aliphatic carbocycles. The van der Waals surface area contributed by atoms with Crippen molar-refractivity contribution >= 4 is 28.5 Å². The smallest absolute Gasteiger partial charge is 0.349 e. The average molecular weight is 461 g/mol. The molecule has 0 amide bonds. The van der Waals surface area contributed by atoms with Crippen molar-refractivity contribution in [1.29, 1.82) is 0 Å². The summed E-state index contributed by atoms with van der Waals surface area (Å²) in [4.78, 5) is 48.6. The van der Waals surface area contributed by atoms with E-state index >= 15 is 0 Å². The Morgan fingerprint density at radius 3 is 2.44 bits per heavy atom. The maximum Gasteiger partial charge on any atom is 0.349 e. The van der Waals surface area contributed by atoms with E-state index in [2.05, 4.69) is 10.1 Å². The normalized spacial score (nSPS) is 11.1. The number of aromatic amines is 1. The van der Waals surface area contributed by atoms with Crippen LogP contribution in [-0.4, -0.2) is 25.7 Å². The molecule has 1 heterocycles. The zero-order valence-electron chi connectivity index (χ0n) is 17.3. The predicted molar refractivity (Wildman–Crippen MR) is 122 cm³/mol. The second-order valence-electron chi connectivity index (χ2n) is 7.03. The van der Waals surface area contributed by atoms with E-state index in [1.54, 1.807) is 24.3 Å². The van der Waals surface area contributed by atoms with Gasteiger partial charge in [-0.2, -0.15) is 5.10 Å². The number of fused-ring (bicyclic) bond motifs is 1. The molecule has 1 aromatic heterocycles. The third-order valence-corrected chi connectivity index (χ3v) is 4.82. The molecule has 34 heavy (non-hydrogen) atoms. The predicted octanol–water partition coefficient (Wildman–Crippen LogP) is 2.97. The van der Waals surface area contributed by atoms with Gasteiger partial charge in [-0.25, -0.2) is 4.79 Å². The number of benzene rings is 3. The minimum absolute atomic E-state index is 0.0726. The molecule has 0 radical (unpaired) electrons. The Labute approximate surface area is 189 Å². The van der Waals surface area contributed by atoms with Gasteiger partial charge in [0.1, 0.15) is 12.4 Å². The average Bonchev–Trinajstić information content (AvgIpc) is 2.83. The van der Waals surface area contributed by atoms with Crippen LogP contribution in [-0.2, 0) is 6.61 Å². The highest BCUT2D eigenvalue weighted by molar-refractivity contribution is 5.85. The van der Waals surface area contributed by atoms with Gasteiger partial charge < -0.3 is 9.72 Å². The second kappa shape index (κ2) is 9.16. The van der Waals surface area contributed by atoms with Gasteiger partial charge in [0.25, 0.3) is 16.9 Å². The van der Waals surface area contributed by atoms with E-state index in [-0.39, 0.29) is 34.7 Å². The molecule has 0 saturated carbocycles. The number of nitro benzene ring substituents is 2. The first-order valence-electron chi connectivity index (χ1n) is 9.76. The maximum absolute atomic E-state index is 12.7. The summed E-state index contributed by atoms with van der Waals surface area (Å²) >= 11 is 0. The Hall–Kier alpha value is -5.13. The van der Waals surface area contributed by atoms with E-state index in [0.717, 1.165) is 6.21 Å². The van der Waals surface area contributed by atoms with Crippen LogP contribution in [0.15, 0.2) is 81.4 Å². The zero-order chi connectivity index (χ0) is 24.2. The van der Waals surface area contributed by atoms with Crippen molar-refractivity contribution in [3.8, 4) is 5.75 Å². The quantitative estimate of drug-likeness (QED) is 0.251. The number of para-hydroxylation sites is 1. The first-order valence-corrected chi connectivity index (χ1v) is 9.76. The summed E-state index contributed by atoms with van der Waals surface area (Å²) in [5.74, 6) is 0.158. The molecule has 4 rings (SSSR count). The summed E-state index contributed by atoms with van der Waals surface area (Å²) in [6, 6.07) is 15.9. The van der Waals surface area contributed by atoms with Gasteiger partial charge in [0.05, 0.1) is 27.0 Å². The molecule has 4 aromatic rings. The van der Waals surface area contributed by atoms with Crippen LogP contribution in [0.4, 0.5) is 11.4 Å². The van der Waals surface area contributed by atoms with Crippen molar-refractivity contribution in [2.75, 3.05) is 0 Å². The molecule has 0 fully saturated rings. The van der Waals surface area contributed by atoms with Crippen molar-refractivity contribution in [3.63, 3.8) is 0 Å². The van der Waals surface area contributed by atoms with Crippen LogP contribution in [0.25, 0.3) is 10.9 Å². The minimum atomic E-state index is -0.788. The minimum Gasteiger partial charge on any atom is -0.488 e. The van der Waals surface area contributed by atoms with Gasteiger partial charge in [-0.1, -0.05) is 24.3 Å². The third kappa shape index (κ3) is 4.55. The Bertz CT molecular complexity index is 1570.